The first kappa shape index (κ1) is 6.43. The van der Waals surface area contributed by atoms with Crippen LogP contribution in [0.1, 0.15) is 5.56 Å². The molecule has 1 aliphatic rings. The molecule has 0 amide bonds. The minimum absolute atomic E-state index is 0.766. The van der Waals surface area contributed by atoms with E-state index >= 15 is 0 Å². The van der Waals surface area contributed by atoms with Crippen LogP contribution in [0.3, 0.4) is 0 Å². The first-order valence-electron chi connectivity index (χ1n) is 3.34. The second-order valence-corrected chi connectivity index (χ2v) is 2.32. The SMILES string of the molecule is OB1ON=Cc2ccccc21. The molecule has 3 nitrogen and oxygen atoms in total. The van der Waals surface area contributed by atoms with E-state index in [9.17, 15) is 5.02 Å². The van der Waals surface area contributed by atoms with E-state index in [-0.39, 0.29) is 0 Å². The predicted molar refractivity (Wildman–Crippen MR) is 42.7 cm³/mol. The summed E-state index contributed by atoms with van der Waals surface area (Å²) in [6.45, 7) is 0. The van der Waals surface area contributed by atoms with Crippen LogP contribution in [0.2, 0.25) is 0 Å². The van der Waals surface area contributed by atoms with Gasteiger partial charge in [-0.05, 0) is 5.56 Å². The molecule has 0 spiro atoms. The molecule has 0 saturated heterocycles. The first-order chi connectivity index (χ1) is 5.38. The van der Waals surface area contributed by atoms with E-state index in [1.165, 1.54) is 0 Å². The Hall–Kier alpha value is -1.29. The molecule has 0 fully saturated rings. The van der Waals surface area contributed by atoms with E-state index in [2.05, 4.69) is 9.91 Å². The summed E-state index contributed by atoms with van der Waals surface area (Å²) >= 11 is 0. The van der Waals surface area contributed by atoms with Crippen molar-refractivity contribution in [1.29, 1.82) is 0 Å². The molecule has 0 saturated carbocycles. The number of hydrogen-bond donors (Lipinski definition) is 1. The van der Waals surface area contributed by atoms with Crippen LogP contribution in [0.25, 0.3) is 0 Å². The van der Waals surface area contributed by atoms with Gasteiger partial charge in [-0.2, -0.15) is 0 Å². The molecule has 1 aliphatic heterocycles. The minimum atomic E-state index is -0.906. The number of rotatable bonds is 0. The van der Waals surface area contributed by atoms with Crippen LogP contribution in [0.15, 0.2) is 29.4 Å². The van der Waals surface area contributed by atoms with Crippen LogP contribution in [-0.4, -0.2) is 18.4 Å². The van der Waals surface area contributed by atoms with Crippen LogP contribution in [0, 0.1) is 0 Å². The summed E-state index contributed by atoms with van der Waals surface area (Å²) in [5, 5.41) is 12.7. The lowest BCUT2D eigenvalue weighted by molar-refractivity contribution is 0.286. The Morgan fingerprint density at radius 2 is 2.18 bits per heavy atom. The smallest absolute Gasteiger partial charge is 0.427 e. The van der Waals surface area contributed by atoms with Crippen LogP contribution >= 0.6 is 0 Å². The molecule has 54 valence electrons. The van der Waals surface area contributed by atoms with Gasteiger partial charge in [-0.1, -0.05) is 24.3 Å². The second kappa shape index (κ2) is 2.40. The molecular formula is C7H6BNO2. The van der Waals surface area contributed by atoms with Gasteiger partial charge in [-0.3, -0.25) is 0 Å². The quantitative estimate of drug-likeness (QED) is 0.513. The molecule has 0 atom stereocenters. The average Bonchev–Trinajstić information content (AvgIpc) is 2.06. The van der Waals surface area contributed by atoms with Gasteiger partial charge in [-0.15, -0.1) is 5.16 Å². The van der Waals surface area contributed by atoms with Crippen LogP contribution < -0.4 is 5.46 Å². The summed E-state index contributed by atoms with van der Waals surface area (Å²) in [7, 11) is -0.906. The summed E-state index contributed by atoms with van der Waals surface area (Å²) < 4.78 is 4.63. The van der Waals surface area contributed by atoms with Gasteiger partial charge >= 0.3 is 7.12 Å². The Balaban J connectivity index is 2.54. The highest BCUT2D eigenvalue weighted by Crippen LogP contribution is 2.00. The third-order valence-corrected chi connectivity index (χ3v) is 1.61. The van der Waals surface area contributed by atoms with Gasteiger partial charge in [0.05, 0.1) is 6.21 Å². The molecule has 0 radical (unpaired) electrons. The van der Waals surface area contributed by atoms with Gasteiger partial charge in [0.15, 0.2) is 0 Å². The summed E-state index contributed by atoms with van der Waals surface area (Å²) in [4.78, 5) is 0. The van der Waals surface area contributed by atoms with Crippen LogP contribution in [0.5, 0.6) is 0 Å². The zero-order valence-corrected chi connectivity index (χ0v) is 5.77. The largest absolute Gasteiger partial charge is 0.583 e. The molecule has 0 aliphatic carbocycles. The summed E-state index contributed by atoms with van der Waals surface area (Å²) in [6, 6.07) is 7.43. The standard InChI is InChI=1S/C7H6BNO2/c10-8-7-4-2-1-3-6(7)5-9-11-8/h1-5,10H. The Morgan fingerprint density at radius 1 is 1.36 bits per heavy atom. The third kappa shape index (κ3) is 1.01. The van der Waals surface area contributed by atoms with Crippen molar-refractivity contribution in [2.45, 2.75) is 0 Å². The number of nitrogens with zero attached hydrogens (tertiary/aromatic N) is 1. The summed E-state index contributed by atoms with van der Waals surface area (Å²) in [6.07, 6.45) is 1.59. The van der Waals surface area contributed by atoms with Crippen molar-refractivity contribution in [3.63, 3.8) is 0 Å². The van der Waals surface area contributed by atoms with Crippen molar-refractivity contribution in [2.24, 2.45) is 5.16 Å². The summed E-state index contributed by atoms with van der Waals surface area (Å²) in [5.74, 6) is 0. The van der Waals surface area contributed by atoms with Crippen molar-refractivity contribution < 1.29 is 9.78 Å². The second-order valence-electron chi connectivity index (χ2n) is 2.32. The predicted octanol–water partition coefficient (Wildman–Crippen LogP) is -0.262. The van der Waals surface area contributed by atoms with E-state index in [1.54, 1.807) is 6.21 Å². The number of fused-ring (bicyclic) bond motifs is 1. The zero-order chi connectivity index (χ0) is 7.68. The van der Waals surface area contributed by atoms with Gasteiger partial charge in [-0.25, -0.2) is 0 Å². The fourth-order valence-electron chi connectivity index (χ4n) is 1.05. The lowest BCUT2D eigenvalue weighted by Gasteiger charge is -2.10. The fourth-order valence-corrected chi connectivity index (χ4v) is 1.05. The molecule has 1 N–H and O–H groups in total. The van der Waals surface area contributed by atoms with Crippen molar-refractivity contribution in [3.8, 4) is 0 Å². The lowest BCUT2D eigenvalue weighted by atomic mass is 9.76. The van der Waals surface area contributed by atoms with E-state index in [0.717, 1.165) is 11.0 Å². The van der Waals surface area contributed by atoms with E-state index in [0.29, 0.717) is 0 Å². The average molecular weight is 147 g/mol. The Morgan fingerprint density at radius 3 is 3.00 bits per heavy atom. The molecule has 1 aromatic carbocycles. The third-order valence-electron chi connectivity index (χ3n) is 1.61. The lowest BCUT2D eigenvalue weighted by Crippen LogP contribution is -2.37. The summed E-state index contributed by atoms with van der Waals surface area (Å²) in [5.41, 5.74) is 1.67. The van der Waals surface area contributed by atoms with Crippen molar-refractivity contribution >= 4 is 18.8 Å². The van der Waals surface area contributed by atoms with Crippen LogP contribution in [0.4, 0.5) is 0 Å². The molecule has 4 heteroatoms. The van der Waals surface area contributed by atoms with E-state index in [4.69, 9.17) is 0 Å². The minimum Gasteiger partial charge on any atom is -0.427 e. The van der Waals surface area contributed by atoms with Gasteiger partial charge in [0.1, 0.15) is 0 Å². The number of oxime groups is 1. The first-order valence-corrected chi connectivity index (χ1v) is 3.34. The molecule has 11 heavy (non-hydrogen) atoms. The molecule has 2 rings (SSSR count). The number of benzene rings is 1. The van der Waals surface area contributed by atoms with E-state index in [1.807, 2.05) is 24.3 Å². The topological polar surface area (TPSA) is 41.8 Å². The van der Waals surface area contributed by atoms with Crippen molar-refractivity contribution in [2.75, 3.05) is 0 Å². The molecule has 1 aromatic rings. The van der Waals surface area contributed by atoms with Crippen LogP contribution in [-0.2, 0) is 4.76 Å². The fraction of sp³-hybridized carbons (Fsp3) is 0. The highest BCUT2D eigenvalue weighted by molar-refractivity contribution is 6.61. The maximum Gasteiger partial charge on any atom is 0.583 e. The van der Waals surface area contributed by atoms with Crippen molar-refractivity contribution in [1.82, 2.24) is 0 Å². The molecule has 0 unspecified atom stereocenters. The highest BCUT2D eigenvalue weighted by atomic mass is 16.6. The number of hydrogen-bond acceptors (Lipinski definition) is 3. The monoisotopic (exact) mass is 147 g/mol. The Labute approximate surface area is 64.4 Å². The molecule has 0 aromatic heterocycles. The maximum atomic E-state index is 9.23. The Kier molecular flexibility index (Phi) is 1.40. The normalized spacial score (nSPS) is 14.1. The molecule has 1 heterocycles. The molecular weight excluding hydrogens is 141 g/mol. The van der Waals surface area contributed by atoms with E-state index < -0.39 is 7.12 Å². The molecule has 0 bridgehead atoms. The van der Waals surface area contributed by atoms with Gasteiger partial charge in [0.25, 0.3) is 0 Å². The van der Waals surface area contributed by atoms with Gasteiger partial charge in [0, 0.05) is 5.46 Å². The van der Waals surface area contributed by atoms with Gasteiger partial charge < -0.3 is 9.78 Å². The van der Waals surface area contributed by atoms with Gasteiger partial charge in [0.2, 0.25) is 0 Å². The maximum absolute atomic E-state index is 9.23. The van der Waals surface area contributed by atoms with Crippen molar-refractivity contribution in [3.05, 3.63) is 29.8 Å². The highest BCUT2D eigenvalue weighted by Gasteiger charge is 2.23. The zero-order valence-electron chi connectivity index (χ0n) is 5.77. The Bertz CT molecular complexity index is 300.